The Balaban J connectivity index is 0.000000182. The molecule has 4 aromatic heterocycles. The van der Waals surface area contributed by atoms with E-state index in [1.807, 2.05) is 60.7 Å². The summed E-state index contributed by atoms with van der Waals surface area (Å²) in [6, 6.07) is 83.0. The largest absolute Gasteiger partial charge is 0.0622 e. The Kier molecular flexibility index (Phi) is 35.9. The van der Waals surface area contributed by atoms with Gasteiger partial charge < -0.3 is 27.9 Å². The number of aromatic nitrogens is 6. The molecule has 0 radical (unpaired) electrons. The molecule has 0 spiro atoms. The molecular formula is C87H88Cl2IN10O4P2PdS4-. The number of carbonyl (C=O) groups is 4. The summed E-state index contributed by atoms with van der Waals surface area (Å²) in [5.74, 6) is 11.4. The summed E-state index contributed by atoms with van der Waals surface area (Å²) in [7, 11) is 12.2. The van der Waals surface area contributed by atoms with Crippen LogP contribution in [0, 0.1) is 60.2 Å². The van der Waals surface area contributed by atoms with E-state index in [9.17, 15) is 19.2 Å². The van der Waals surface area contributed by atoms with Gasteiger partial charge in [-0.05, 0) is 132 Å². The number of anilines is 2. The number of nitrogens with zero attached hydrogens (tertiary/aromatic N) is 6. The third-order valence-corrected chi connectivity index (χ3v) is 28.8. The maximum Gasteiger partial charge on any atom is -0.0134 e. The molecule has 2 atom stereocenters. The van der Waals surface area contributed by atoms with Crippen LogP contribution >= 0.6 is 104 Å². The molecule has 2 saturated carbocycles. The average Bonchev–Trinajstić information content (AvgIpc) is 1.45. The predicted molar refractivity (Wildman–Crippen MR) is 476 cm³/mol. The zero-order valence-corrected chi connectivity index (χ0v) is 70.7. The number of fused-ring (bicyclic) bond motifs is 2. The van der Waals surface area contributed by atoms with E-state index in [2.05, 4.69) is 277 Å². The second-order valence-corrected chi connectivity index (χ2v) is 37.7. The van der Waals surface area contributed by atoms with Gasteiger partial charge in [0.15, 0.2) is 0 Å². The fourth-order valence-corrected chi connectivity index (χ4v) is 21.8. The van der Waals surface area contributed by atoms with Crippen LogP contribution in [0.3, 0.4) is 0 Å². The SMILES string of the molecule is C.C.C#CC1CC1.Cc1c(C#CC2CC2)sc2c1SC[C@H](NC(=O)c1n[nH]c(Cc3ccccc3)n1)C(=O)N2C.Cc1c(I)sc2c1SC[C@H](NC(=O)c1n[nH]c(Cc3ccccc3)n1)C(=O)N2C.[CH3-].[Cl][Pd][Cl].c1ccc(P(c2ccccc2)c2ccccc2)cc1.c1ccc(P(c2ccccc2)c2ccccc2)cc1. The third kappa shape index (κ3) is 25.2. The summed E-state index contributed by atoms with van der Waals surface area (Å²) in [5.41, 5.74) is 4.44. The second kappa shape index (κ2) is 45.0. The van der Waals surface area contributed by atoms with Crippen LogP contribution in [0.15, 0.2) is 252 Å². The van der Waals surface area contributed by atoms with Gasteiger partial charge in [-0.1, -0.05) is 269 Å². The Bertz CT molecular complexity index is 4710. The predicted octanol–water partition coefficient (Wildman–Crippen LogP) is 17.6. The number of benzene rings is 8. The van der Waals surface area contributed by atoms with Gasteiger partial charge in [-0.3, -0.25) is 29.4 Å². The van der Waals surface area contributed by atoms with Crippen LogP contribution < -0.4 is 52.3 Å². The molecule has 0 saturated heterocycles. The zero-order chi connectivity index (χ0) is 75.7. The zero-order valence-electron chi connectivity index (χ0n) is 60.4. The molecule has 0 unspecified atom stereocenters. The molecule has 12 aromatic rings. The molecule has 24 heteroatoms. The first kappa shape index (κ1) is 88.5. The Morgan fingerprint density at radius 1 is 0.523 bits per heavy atom. The first-order valence-electron chi connectivity index (χ1n) is 34.6. The first-order chi connectivity index (χ1) is 52.7. The minimum absolute atomic E-state index is 0. The maximum absolute atomic E-state index is 13.1. The summed E-state index contributed by atoms with van der Waals surface area (Å²) in [6.45, 7) is 4.11. The normalized spacial score (nSPS) is 14.3. The van der Waals surface area contributed by atoms with Crippen LogP contribution in [0.5, 0.6) is 0 Å². The monoisotopic (exact) mass is 1830 g/mol. The van der Waals surface area contributed by atoms with Gasteiger partial charge in [-0.15, -0.1) is 68.7 Å². The molecule has 2 fully saturated rings. The van der Waals surface area contributed by atoms with Gasteiger partial charge in [0.05, 0.1) is 7.76 Å². The summed E-state index contributed by atoms with van der Waals surface area (Å²) in [6.07, 6.45) is 11.0. The average molecular weight is 1830 g/mol. The smallest absolute Gasteiger partial charge is 0.0134 e. The number of carbonyl (C=O) groups excluding carboxylic acids is 4. The summed E-state index contributed by atoms with van der Waals surface area (Å²) < 4.78 is 1.17. The number of terminal acetylenes is 1. The molecule has 16 rings (SSSR count). The number of aromatic amines is 2. The van der Waals surface area contributed by atoms with E-state index in [0.29, 0.717) is 47.8 Å². The van der Waals surface area contributed by atoms with Gasteiger partial charge in [-0.2, -0.15) is 0 Å². The number of nitrogens with one attached hydrogen (secondary N) is 4. The Morgan fingerprint density at radius 2 is 0.829 bits per heavy atom. The van der Waals surface area contributed by atoms with Crippen molar-refractivity contribution >= 4 is 169 Å². The van der Waals surface area contributed by atoms with Gasteiger partial charge in [0, 0.05) is 60.1 Å². The van der Waals surface area contributed by atoms with E-state index in [1.165, 1.54) is 66.0 Å². The molecule has 111 heavy (non-hydrogen) atoms. The maximum atomic E-state index is 13.1. The molecule has 2 aliphatic carbocycles. The topological polar surface area (TPSA) is 182 Å². The van der Waals surface area contributed by atoms with Crippen molar-refractivity contribution < 1.29 is 35.1 Å². The van der Waals surface area contributed by atoms with Gasteiger partial charge in [0.25, 0.3) is 23.6 Å². The van der Waals surface area contributed by atoms with Crippen molar-refractivity contribution in [3.05, 3.63) is 303 Å². The molecule has 4 N–H and O–H groups in total. The first-order valence-corrected chi connectivity index (χ1v) is 46.0. The summed E-state index contributed by atoms with van der Waals surface area (Å²) in [5, 5.41) is 29.5. The van der Waals surface area contributed by atoms with E-state index < -0.39 is 39.7 Å². The number of likely N-dealkylation sites (N-methyl/N-ethyl adjacent to an activating group) is 2. The number of thioether (sulfide) groups is 2. The fraction of sp³-hybridized carbons (Fsp3) is 0.207. The molecule has 4 aliphatic rings. The molecule has 8 aromatic carbocycles. The van der Waals surface area contributed by atoms with E-state index >= 15 is 0 Å². The van der Waals surface area contributed by atoms with Crippen molar-refractivity contribution in [2.75, 3.05) is 35.4 Å². The number of H-pyrrole nitrogens is 2. The van der Waals surface area contributed by atoms with Gasteiger partial charge in [-0.25, -0.2) is 9.97 Å². The molecule has 14 nitrogen and oxygen atoms in total. The number of hydrogen-bond acceptors (Lipinski definition) is 12. The molecule has 576 valence electrons. The fourth-order valence-electron chi connectivity index (χ4n) is 11.2. The molecule has 6 heterocycles. The van der Waals surface area contributed by atoms with Crippen LogP contribution in [0.25, 0.3) is 0 Å². The van der Waals surface area contributed by atoms with Crippen molar-refractivity contribution in [2.24, 2.45) is 11.8 Å². The van der Waals surface area contributed by atoms with E-state index in [-0.39, 0.29) is 61.7 Å². The van der Waals surface area contributed by atoms with Crippen molar-refractivity contribution in [3.63, 3.8) is 0 Å². The van der Waals surface area contributed by atoms with Crippen LogP contribution in [0.2, 0.25) is 0 Å². The molecule has 0 bridgehead atoms. The van der Waals surface area contributed by atoms with E-state index in [4.69, 9.17) is 25.5 Å². The summed E-state index contributed by atoms with van der Waals surface area (Å²) in [4.78, 5) is 66.5. The van der Waals surface area contributed by atoms with Crippen LogP contribution in [0.1, 0.15) is 101 Å². The number of thiophene rings is 2. The molecular weight excluding hydrogens is 1740 g/mol. The minimum Gasteiger partial charge on any atom is -0.0622 e. The number of halogens is 3. The van der Waals surface area contributed by atoms with Crippen LogP contribution in [-0.2, 0) is 38.4 Å². The second-order valence-electron chi connectivity index (χ2n) is 25.0. The van der Waals surface area contributed by atoms with E-state index in [0.717, 1.165) is 41.4 Å². The number of rotatable bonds is 14. The Labute approximate surface area is 702 Å². The third-order valence-electron chi connectivity index (χ3n) is 17.1. The quantitative estimate of drug-likeness (QED) is 0.0269. The standard InChI is InChI=1S/C24H23N5O2S2.C19H18IN5O2S2.2C18H15P.C5H6.2CH4.CH3.2ClH.Pd/c1-14-18(11-10-15-8-9-15)33-24-20(14)32-13-17(23(31)29(24)2)25-22(30)21-26-19(27-28-21)12-16-6-4-3-5-7-16;1-10-14-19(29-15(10)20)25(2)18(27)12(9-28-14)21-17(26)16-22-13(23-24-16)8-11-6-4-3-5-7-11;2*1-4-10-16(11-5-1)19(17-12-6-2-7-13-17)18-14-8-3-9-15-18;1-2-5-3-4-5;;;;;;/h3-7,15,17H,8-9,12-13H2,1-2H3,(H,25,30)(H,26,27,28);3-7,12H,8-9H2,1-2H3,(H,21,26)(H,22,23,24);2*1-15H;1,5H,3-4H2;2*1H4;1H3;2*1H;/q;;;;;;;-1;;;+2/p-2/t17-;12-;;;;;;;;;/m00........./s1. The molecule has 2 aliphatic heterocycles. The molecule has 4 amide bonds. The van der Waals surface area contributed by atoms with Gasteiger partial charge >= 0.3 is 35.0 Å². The van der Waals surface area contributed by atoms with Crippen molar-refractivity contribution in [2.45, 2.75) is 89.1 Å². The van der Waals surface area contributed by atoms with Crippen molar-refractivity contribution in [1.29, 1.82) is 0 Å². The van der Waals surface area contributed by atoms with Crippen molar-refractivity contribution in [1.82, 2.24) is 41.0 Å². The Hall–Kier alpha value is -8.03. The van der Waals surface area contributed by atoms with Gasteiger partial charge in [0.2, 0.25) is 11.6 Å². The summed E-state index contributed by atoms with van der Waals surface area (Å²) >= 11 is 8.51. The van der Waals surface area contributed by atoms with Crippen molar-refractivity contribution in [3.8, 4) is 24.2 Å². The number of hydrogen-bond donors (Lipinski definition) is 4. The Morgan fingerprint density at radius 3 is 1.14 bits per heavy atom. The van der Waals surface area contributed by atoms with Crippen LogP contribution in [-0.4, -0.2) is 91.7 Å². The minimum atomic E-state index is -0.663. The number of amides is 4. The van der Waals surface area contributed by atoms with E-state index in [1.54, 1.807) is 70.1 Å². The van der Waals surface area contributed by atoms with Gasteiger partial charge in [0.1, 0.15) is 33.7 Å². The van der Waals surface area contributed by atoms with Crippen LogP contribution in [0.4, 0.5) is 10.0 Å².